The predicted molar refractivity (Wildman–Crippen MR) is 86.9 cm³/mol. The Bertz CT molecular complexity index is 786. The fourth-order valence-electron chi connectivity index (χ4n) is 2.66. The minimum Gasteiger partial charge on any atom is -0.481 e. The Hall–Kier alpha value is -2.04. The van der Waals surface area contributed by atoms with Gasteiger partial charge in [0.05, 0.1) is 6.42 Å². The number of carboxylic acid groups (broad SMARTS) is 1. The van der Waals surface area contributed by atoms with Crippen molar-refractivity contribution in [2.24, 2.45) is 0 Å². The van der Waals surface area contributed by atoms with Gasteiger partial charge in [-0.3, -0.25) is 19.3 Å². The van der Waals surface area contributed by atoms with Crippen molar-refractivity contribution in [3.8, 4) is 0 Å². The normalized spacial score (nSPS) is 25.8. The highest BCUT2D eigenvalue weighted by Gasteiger charge is 2.58. The molecule has 0 saturated carbocycles. The van der Waals surface area contributed by atoms with Crippen LogP contribution in [0, 0.1) is 5.82 Å². The average molecular weight is 370 g/mol. The molecule has 0 spiro atoms. The zero-order valence-corrected chi connectivity index (χ0v) is 13.6. The predicted octanol–water partition coefficient (Wildman–Crippen LogP) is 0.669. The molecule has 1 fully saturated rings. The summed E-state index contributed by atoms with van der Waals surface area (Å²) < 4.78 is 13.6. The van der Waals surface area contributed by atoms with E-state index >= 15 is 0 Å². The monoisotopic (exact) mass is 370 g/mol. The van der Waals surface area contributed by atoms with Crippen LogP contribution in [0.5, 0.6) is 0 Å². The van der Waals surface area contributed by atoms with E-state index in [-0.39, 0.29) is 28.5 Å². The molecule has 2 aliphatic heterocycles. The second-order valence-corrected chi connectivity index (χ2v) is 7.05. The Morgan fingerprint density at radius 2 is 2.17 bits per heavy atom. The van der Waals surface area contributed by atoms with Crippen LogP contribution in [-0.2, 0) is 20.0 Å². The summed E-state index contributed by atoms with van der Waals surface area (Å²) in [6.45, 7) is -0.162. The van der Waals surface area contributed by atoms with Crippen LogP contribution in [0.4, 0.5) is 10.1 Å². The van der Waals surface area contributed by atoms with Gasteiger partial charge < -0.3 is 15.5 Å². The van der Waals surface area contributed by atoms with Gasteiger partial charge in [-0.1, -0.05) is 24.0 Å². The molecule has 2 amide bonds. The van der Waals surface area contributed by atoms with Gasteiger partial charge in [-0.2, -0.15) is 0 Å². The first-order chi connectivity index (χ1) is 11.2. The summed E-state index contributed by atoms with van der Waals surface area (Å²) in [5, 5.41) is 20.7. The number of aliphatic hydroxyl groups is 1. The third-order valence-corrected chi connectivity index (χ3v) is 5.55. The van der Waals surface area contributed by atoms with Gasteiger partial charge in [0, 0.05) is 17.8 Å². The lowest BCUT2D eigenvalue weighted by molar-refractivity contribution is -0.142. The van der Waals surface area contributed by atoms with Crippen molar-refractivity contribution in [2.75, 3.05) is 11.9 Å². The molecule has 2 heterocycles. The van der Waals surface area contributed by atoms with E-state index in [2.05, 4.69) is 5.32 Å². The quantitative estimate of drug-likeness (QED) is 0.669. The molecule has 2 unspecified atom stereocenters. The number of anilines is 1. The van der Waals surface area contributed by atoms with Crippen LogP contribution in [0.3, 0.4) is 0 Å². The maximum Gasteiger partial charge on any atom is 0.305 e. The zero-order valence-electron chi connectivity index (χ0n) is 12.0. The number of aliphatic carboxylic acids is 1. The minimum atomic E-state index is -2.28. The molecule has 1 aromatic carbocycles. The van der Waals surface area contributed by atoms with Crippen LogP contribution < -0.4 is 5.32 Å². The number of nitrogens with one attached hydrogen (secondary N) is 1. The van der Waals surface area contributed by atoms with E-state index in [0.717, 1.165) is 28.8 Å². The van der Waals surface area contributed by atoms with Gasteiger partial charge in [-0.25, -0.2) is 4.39 Å². The Morgan fingerprint density at radius 3 is 2.83 bits per heavy atom. The zero-order chi connectivity index (χ0) is 17.6. The fourth-order valence-corrected chi connectivity index (χ4v) is 4.27. The van der Waals surface area contributed by atoms with Crippen molar-refractivity contribution in [1.82, 2.24) is 4.90 Å². The van der Waals surface area contributed by atoms with Crippen LogP contribution in [0.25, 0.3) is 0 Å². The van der Waals surface area contributed by atoms with E-state index in [4.69, 9.17) is 17.3 Å². The van der Waals surface area contributed by atoms with Crippen molar-refractivity contribution in [1.29, 1.82) is 0 Å². The lowest BCUT2D eigenvalue weighted by atomic mass is 9.90. The summed E-state index contributed by atoms with van der Waals surface area (Å²) >= 11 is 5.84. The first-order valence-electron chi connectivity index (χ1n) is 6.82. The van der Waals surface area contributed by atoms with E-state index in [1.54, 1.807) is 0 Å². The SMILES string of the molecule is O=C(O)CCN1C(=O)C(C2(O)C(=O)Nc3ccc(F)cc32)SC1=S. The molecule has 10 heteroatoms. The highest BCUT2D eigenvalue weighted by Crippen LogP contribution is 2.46. The standard InChI is InChI=1S/C14H11FN2O5S2/c15-6-1-2-8-7(5-6)14(22,12(21)16-8)10-11(20)17(13(23)24-10)4-3-9(18)19/h1-2,5,10,22H,3-4H2,(H,16,21)(H,18,19). The average Bonchev–Trinajstić information content (AvgIpc) is 2.93. The summed E-state index contributed by atoms with van der Waals surface area (Å²) in [6.07, 6.45) is -0.324. The van der Waals surface area contributed by atoms with Gasteiger partial charge in [-0.15, -0.1) is 0 Å². The molecule has 126 valence electrons. The number of rotatable bonds is 4. The smallest absolute Gasteiger partial charge is 0.305 e. The largest absolute Gasteiger partial charge is 0.481 e. The number of carbonyl (C=O) groups is 3. The lowest BCUT2D eigenvalue weighted by Crippen LogP contribution is -2.48. The number of carbonyl (C=O) groups excluding carboxylic acids is 2. The maximum absolute atomic E-state index is 13.5. The van der Waals surface area contributed by atoms with Crippen molar-refractivity contribution in [3.05, 3.63) is 29.6 Å². The van der Waals surface area contributed by atoms with E-state index in [9.17, 15) is 23.9 Å². The van der Waals surface area contributed by atoms with E-state index in [1.807, 2.05) is 0 Å². The molecule has 0 radical (unpaired) electrons. The Kier molecular flexibility index (Phi) is 4.06. The van der Waals surface area contributed by atoms with Crippen LogP contribution in [0.1, 0.15) is 12.0 Å². The van der Waals surface area contributed by atoms with E-state index < -0.39 is 34.5 Å². The minimum absolute atomic E-state index is 0.0405. The van der Waals surface area contributed by atoms with Gasteiger partial charge >= 0.3 is 5.97 Å². The molecule has 3 rings (SSSR count). The number of thiocarbonyl (C=S) groups is 1. The van der Waals surface area contributed by atoms with Crippen molar-refractivity contribution in [2.45, 2.75) is 17.3 Å². The summed E-state index contributed by atoms with van der Waals surface area (Å²) in [7, 11) is 0. The first-order valence-corrected chi connectivity index (χ1v) is 8.11. The van der Waals surface area contributed by atoms with Gasteiger partial charge in [0.2, 0.25) is 5.91 Å². The summed E-state index contributed by atoms with van der Waals surface area (Å²) in [6, 6.07) is 3.41. The Balaban J connectivity index is 1.96. The summed E-state index contributed by atoms with van der Waals surface area (Å²) in [5.74, 6) is -3.30. The van der Waals surface area contributed by atoms with Gasteiger partial charge in [0.25, 0.3) is 5.91 Å². The van der Waals surface area contributed by atoms with Gasteiger partial charge in [0.15, 0.2) is 5.60 Å². The number of carboxylic acids is 1. The van der Waals surface area contributed by atoms with Crippen LogP contribution >= 0.6 is 24.0 Å². The molecule has 3 N–H and O–H groups in total. The molecule has 24 heavy (non-hydrogen) atoms. The number of halogens is 1. The first kappa shape index (κ1) is 16.8. The maximum atomic E-state index is 13.5. The topological polar surface area (TPSA) is 107 Å². The number of benzene rings is 1. The van der Waals surface area contributed by atoms with Crippen LogP contribution in [0.2, 0.25) is 0 Å². The number of amides is 2. The molecule has 2 atom stereocenters. The van der Waals surface area contributed by atoms with Gasteiger partial charge in [-0.05, 0) is 18.2 Å². The number of thioether (sulfide) groups is 1. The third-order valence-electron chi connectivity index (χ3n) is 3.84. The molecule has 1 aromatic rings. The number of hydrogen-bond donors (Lipinski definition) is 3. The molecule has 0 bridgehead atoms. The lowest BCUT2D eigenvalue weighted by Gasteiger charge is -2.25. The molecule has 7 nitrogen and oxygen atoms in total. The van der Waals surface area contributed by atoms with Gasteiger partial charge in [0.1, 0.15) is 15.4 Å². The second kappa shape index (κ2) is 5.80. The molecular formula is C14H11FN2O5S2. The van der Waals surface area contributed by atoms with Crippen molar-refractivity contribution < 1.29 is 29.0 Å². The highest BCUT2D eigenvalue weighted by atomic mass is 32.2. The molecular weight excluding hydrogens is 359 g/mol. The van der Waals surface area contributed by atoms with E-state index in [0.29, 0.717) is 0 Å². The van der Waals surface area contributed by atoms with Crippen molar-refractivity contribution in [3.63, 3.8) is 0 Å². The summed E-state index contributed by atoms with van der Waals surface area (Å²) in [5.41, 5.74) is -2.10. The molecule has 1 saturated heterocycles. The molecule has 0 aromatic heterocycles. The van der Waals surface area contributed by atoms with E-state index in [1.165, 1.54) is 6.07 Å². The summed E-state index contributed by atoms with van der Waals surface area (Å²) in [4.78, 5) is 36.5. The van der Waals surface area contributed by atoms with Crippen molar-refractivity contribution >= 4 is 51.8 Å². The molecule has 0 aliphatic carbocycles. The van der Waals surface area contributed by atoms with Crippen LogP contribution in [-0.4, -0.2) is 49.0 Å². The highest BCUT2D eigenvalue weighted by molar-refractivity contribution is 8.24. The molecule has 2 aliphatic rings. The Morgan fingerprint density at radius 1 is 1.46 bits per heavy atom. The second-order valence-electron chi connectivity index (χ2n) is 5.31. The Labute approximate surface area is 144 Å². The van der Waals surface area contributed by atoms with Crippen LogP contribution in [0.15, 0.2) is 18.2 Å². The fraction of sp³-hybridized carbons (Fsp3) is 0.286. The number of nitrogens with zero attached hydrogens (tertiary/aromatic N) is 1. The number of fused-ring (bicyclic) bond motifs is 1. The third kappa shape index (κ3) is 2.46. The number of hydrogen-bond acceptors (Lipinski definition) is 6.